The number of nitrogens with one attached hydrogen (secondary N) is 1. The lowest BCUT2D eigenvalue weighted by Crippen LogP contribution is -2.23. The standard InChI is InChI=1S/C35H39NS/c1-33(2,3)24-15-13-23(14-16-24)27-21-25(34(4,5)6)17-20-30(27)36-26-18-19-29-32(22-26)37-31-12-10-9-11-28(31)35(29,7)8/h9-22,36H,1-8H3. The fraction of sp³-hybridized carbons (Fsp3) is 0.314. The van der Waals surface area contributed by atoms with Gasteiger partial charge in [0.05, 0.1) is 0 Å². The number of rotatable bonds is 3. The van der Waals surface area contributed by atoms with Gasteiger partial charge in [0.2, 0.25) is 0 Å². The van der Waals surface area contributed by atoms with Crippen molar-refractivity contribution in [3.63, 3.8) is 0 Å². The topological polar surface area (TPSA) is 12.0 Å². The molecule has 0 spiro atoms. The third kappa shape index (κ3) is 4.97. The number of hydrogen-bond donors (Lipinski definition) is 1. The lowest BCUT2D eigenvalue weighted by atomic mass is 9.77. The Balaban J connectivity index is 1.54. The summed E-state index contributed by atoms with van der Waals surface area (Å²) in [6.45, 7) is 18.3. The van der Waals surface area contributed by atoms with E-state index in [4.69, 9.17) is 0 Å². The van der Waals surface area contributed by atoms with Gasteiger partial charge in [0, 0.05) is 32.1 Å². The maximum atomic E-state index is 3.78. The van der Waals surface area contributed by atoms with Crippen LogP contribution >= 0.6 is 11.8 Å². The Morgan fingerprint density at radius 3 is 1.92 bits per heavy atom. The van der Waals surface area contributed by atoms with Crippen LogP contribution < -0.4 is 5.32 Å². The molecule has 1 heterocycles. The van der Waals surface area contributed by atoms with Crippen LogP contribution in [0.2, 0.25) is 0 Å². The molecule has 0 amide bonds. The minimum Gasteiger partial charge on any atom is -0.355 e. The van der Waals surface area contributed by atoms with E-state index in [9.17, 15) is 0 Å². The van der Waals surface area contributed by atoms with E-state index in [1.165, 1.54) is 43.2 Å². The summed E-state index contributed by atoms with van der Waals surface area (Å²) in [5.74, 6) is 0. The maximum Gasteiger partial charge on any atom is 0.0464 e. The first kappa shape index (κ1) is 25.7. The van der Waals surface area contributed by atoms with E-state index in [1.807, 2.05) is 11.8 Å². The van der Waals surface area contributed by atoms with Gasteiger partial charge in [-0.15, -0.1) is 0 Å². The molecule has 4 aromatic rings. The van der Waals surface area contributed by atoms with Crippen LogP contribution in [0.1, 0.15) is 77.6 Å². The van der Waals surface area contributed by atoms with Crippen LogP contribution in [0.4, 0.5) is 11.4 Å². The predicted molar refractivity (Wildman–Crippen MR) is 162 cm³/mol. The van der Waals surface area contributed by atoms with Crippen molar-refractivity contribution in [3.05, 3.63) is 107 Å². The first-order chi connectivity index (χ1) is 17.3. The normalized spacial score (nSPS) is 14.6. The largest absolute Gasteiger partial charge is 0.355 e. The summed E-state index contributed by atoms with van der Waals surface area (Å²) in [5.41, 5.74) is 10.4. The van der Waals surface area contributed by atoms with Crippen LogP contribution in [0.5, 0.6) is 0 Å². The van der Waals surface area contributed by atoms with Crippen LogP contribution in [-0.4, -0.2) is 0 Å². The summed E-state index contributed by atoms with van der Waals surface area (Å²) < 4.78 is 0. The zero-order valence-corrected chi connectivity index (χ0v) is 24.3. The van der Waals surface area contributed by atoms with E-state index in [0.717, 1.165) is 11.4 Å². The third-order valence-electron chi connectivity index (χ3n) is 7.66. The van der Waals surface area contributed by atoms with E-state index in [2.05, 4.69) is 146 Å². The highest BCUT2D eigenvalue weighted by atomic mass is 32.2. The first-order valence-corrected chi connectivity index (χ1v) is 14.1. The minimum absolute atomic E-state index is 0.00990. The summed E-state index contributed by atoms with van der Waals surface area (Å²) in [6.07, 6.45) is 0. The molecular weight excluding hydrogens is 466 g/mol. The molecule has 0 aromatic heterocycles. The van der Waals surface area contributed by atoms with Gasteiger partial charge in [-0.2, -0.15) is 0 Å². The lowest BCUT2D eigenvalue weighted by Gasteiger charge is -2.34. The van der Waals surface area contributed by atoms with E-state index in [1.54, 1.807) is 0 Å². The van der Waals surface area contributed by atoms with Crippen LogP contribution in [0.25, 0.3) is 11.1 Å². The second-order valence-corrected chi connectivity index (χ2v) is 14.0. The Bertz CT molecular complexity index is 1450. The van der Waals surface area contributed by atoms with Crippen molar-refractivity contribution in [2.45, 2.75) is 81.4 Å². The Morgan fingerprint density at radius 2 is 1.24 bits per heavy atom. The third-order valence-corrected chi connectivity index (χ3v) is 8.80. The Hall–Kier alpha value is -2.97. The van der Waals surface area contributed by atoms with Crippen molar-refractivity contribution in [3.8, 4) is 11.1 Å². The van der Waals surface area contributed by atoms with Gasteiger partial charge < -0.3 is 5.32 Å². The van der Waals surface area contributed by atoms with Crippen LogP contribution in [0, 0.1) is 0 Å². The number of anilines is 2. The van der Waals surface area contributed by atoms with E-state index < -0.39 is 0 Å². The number of benzene rings is 4. The van der Waals surface area contributed by atoms with Crippen molar-refractivity contribution in [1.29, 1.82) is 0 Å². The van der Waals surface area contributed by atoms with Gasteiger partial charge >= 0.3 is 0 Å². The van der Waals surface area contributed by atoms with Gasteiger partial charge in [0.25, 0.3) is 0 Å². The molecule has 1 aliphatic heterocycles. The summed E-state index contributed by atoms with van der Waals surface area (Å²) >= 11 is 1.88. The summed E-state index contributed by atoms with van der Waals surface area (Å²) in [6, 6.07) is 31.6. The molecule has 0 bridgehead atoms. The second kappa shape index (κ2) is 9.10. The molecule has 0 aliphatic carbocycles. The molecule has 0 radical (unpaired) electrons. The highest BCUT2D eigenvalue weighted by Gasteiger charge is 2.32. The van der Waals surface area contributed by atoms with Crippen molar-refractivity contribution < 1.29 is 0 Å². The van der Waals surface area contributed by atoms with Crippen LogP contribution in [0.15, 0.2) is 94.7 Å². The SMILES string of the molecule is CC(C)(C)c1ccc(-c2cc(C(C)(C)C)ccc2Nc2ccc3c(c2)Sc2ccccc2C3(C)C)cc1. The number of hydrogen-bond acceptors (Lipinski definition) is 2. The molecule has 0 unspecified atom stereocenters. The van der Waals surface area contributed by atoms with Crippen LogP contribution in [-0.2, 0) is 16.2 Å². The molecule has 1 aliphatic rings. The summed E-state index contributed by atoms with van der Waals surface area (Å²) in [4.78, 5) is 2.68. The molecule has 0 saturated carbocycles. The van der Waals surface area contributed by atoms with Gasteiger partial charge in [-0.25, -0.2) is 0 Å². The van der Waals surface area contributed by atoms with Crippen molar-refractivity contribution in [1.82, 2.24) is 0 Å². The average molecular weight is 506 g/mol. The van der Waals surface area contributed by atoms with Crippen LogP contribution in [0.3, 0.4) is 0 Å². The van der Waals surface area contributed by atoms with Gasteiger partial charge in [0.15, 0.2) is 0 Å². The molecule has 4 aromatic carbocycles. The number of fused-ring (bicyclic) bond motifs is 2. The zero-order valence-electron chi connectivity index (χ0n) is 23.5. The molecule has 1 nitrogen and oxygen atoms in total. The molecular formula is C35H39NS. The zero-order chi connectivity index (χ0) is 26.6. The van der Waals surface area contributed by atoms with E-state index in [-0.39, 0.29) is 16.2 Å². The van der Waals surface area contributed by atoms with Gasteiger partial charge in [-0.05, 0) is 69.0 Å². The Kier molecular flexibility index (Phi) is 6.31. The van der Waals surface area contributed by atoms with Gasteiger partial charge in [-0.3, -0.25) is 0 Å². The first-order valence-electron chi connectivity index (χ1n) is 13.3. The Labute approximate surface area is 227 Å². The molecule has 0 fully saturated rings. The molecule has 190 valence electrons. The average Bonchev–Trinajstić information content (AvgIpc) is 2.83. The molecule has 2 heteroatoms. The molecule has 37 heavy (non-hydrogen) atoms. The summed E-state index contributed by atoms with van der Waals surface area (Å²) in [7, 11) is 0. The van der Waals surface area contributed by atoms with Crippen molar-refractivity contribution in [2.24, 2.45) is 0 Å². The van der Waals surface area contributed by atoms with Gasteiger partial charge in [-0.1, -0.05) is 122 Å². The molecule has 5 rings (SSSR count). The molecule has 0 atom stereocenters. The highest BCUT2D eigenvalue weighted by Crippen LogP contribution is 2.50. The van der Waals surface area contributed by atoms with Gasteiger partial charge in [0.1, 0.15) is 0 Å². The fourth-order valence-corrected chi connectivity index (χ4v) is 6.64. The second-order valence-electron chi connectivity index (χ2n) is 12.9. The van der Waals surface area contributed by atoms with Crippen molar-refractivity contribution >= 4 is 23.1 Å². The van der Waals surface area contributed by atoms with E-state index in [0.29, 0.717) is 0 Å². The minimum atomic E-state index is -0.00990. The smallest absolute Gasteiger partial charge is 0.0464 e. The highest BCUT2D eigenvalue weighted by molar-refractivity contribution is 7.99. The predicted octanol–water partition coefficient (Wildman–Crippen LogP) is 10.5. The fourth-order valence-electron chi connectivity index (χ4n) is 5.20. The monoisotopic (exact) mass is 505 g/mol. The molecule has 1 N–H and O–H groups in total. The molecule has 0 saturated heterocycles. The van der Waals surface area contributed by atoms with E-state index >= 15 is 0 Å². The van der Waals surface area contributed by atoms with Crippen molar-refractivity contribution in [2.75, 3.05) is 5.32 Å². The Morgan fingerprint density at radius 1 is 0.622 bits per heavy atom. The maximum absolute atomic E-state index is 3.78. The lowest BCUT2D eigenvalue weighted by molar-refractivity contribution is 0.590. The summed E-state index contributed by atoms with van der Waals surface area (Å²) in [5, 5.41) is 3.78. The quantitative estimate of drug-likeness (QED) is 0.297.